The third kappa shape index (κ3) is 6.05. The van der Waals surface area contributed by atoms with E-state index >= 15 is 0 Å². The van der Waals surface area contributed by atoms with Crippen molar-refractivity contribution in [1.82, 2.24) is 0 Å². The molecule has 4 rings (SSSR count). The highest BCUT2D eigenvalue weighted by Gasteiger charge is 2.46. The van der Waals surface area contributed by atoms with Gasteiger partial charge in [0.25, 0.3) is 0 Å². The molecule has 0 spiro atoms. The molecule has 0 aliphatic rings. The fourth-order valence-electron chi connectivity index (χ4n) is 3.88. The number of hydrogen-bond donors (Lipinski definition) is 1. The van der Waals surface area contributed by atoms with Gasteiger partial charge in [-0.3, -0.25) is 4.72 Å². The molecule has 0 saturated carbocycles. The smallest absolute Gasteiger partial charge is 0.488 e. The lowest BCUT2D eigenvalue weighted by Gasteiger charge is -2.19. The summed E-state index contributed by atoms with van der Waals surface area (Å²) in [6.07, 6.45) is 0. The quantitative estimate of drug-likeness (QED) is 0.259. The van der Waals surface area contributed by atoms with Crippen molar-refractivity contribution in [3.63, 3.8) is 0 Å². The fourth-order valence-corrected chi connectivity index (χ4v) is 4.43. The molecule has 0 amide bonds. The van der Waals surface area contributed by atoms with E-state index < -0.39 is 21.3 Å². The number of hydrogen-bond acceptors (Lipinski definition) is 3. The molecule has 0 unspecified atom stereocenters. The molecule has 0 saturated heterocycles. The van der Waals surface area contributed by atoms with Gasteiger partial charge >= 0.3 is 15.5 Å². The first-order valence-electron chi connectivity index (χ1n) is 11.4. The average molecular weight is 532 g/mol. The largest absolute Gasteiger partial charge is 0.516 e. The average Bonchev–Trinajstić information content (AvgIpc) is 2.81. The lowest BCUT2D eigenvalue weighted by Crippen LogP contribution is -2.29. The van der Waals surface area contributed by atoms with E-state index in [0.717, 1.165) is 5.56 Å². The Kier molecular flexibility index (Phi) is 6.94. The first-order valence-corrected chi connectivity index (χ1v) is 12.9. The van der Waals surface area contributed by atoms with Crippen LogP contribution in [0.3, 0.4) is 0 Å². The van der Waals surface area contributed by atoms with Crippen LogP contribution in [0.25, 0.3) is 21.9 Å². The van der Waals surface area contributed by atoms with Gasteiger partial charge in [0.2, 0.25) is 0 Å². The Labute approximate surface area is 213 Å². The second-order valence-electron chi connectivity index (χ2n) is 9.71. The van der Waals surface area contributed by atoms with Crippen LogP contribution in [-0.4, -0.2) is 13.9 Å². The zero-order valence-electron chi connectivity index (χ0n) is 20.4. The number of anilines is 1. The van der Waals surface area contributed by atoms with Crippen molar-refractivity contribution in [3.05, 3.63) is 95.8 Å². The Hall–Kier alpha value is -3.59. The summed E-state index contributed by atoms with van der Waals surface area (Å²) < 4.78 is 82.8. The van der Waals surface area contributed by atoms with Gasteiger partial charge in [0.1, 0.15) is 18.2 Å². The summed E-state index contributed by atoms with van der Waals surface area (Å²) in [6, 6.07) is 21.5. The maximum atomic E-state index is 14.4. The van der Waals surface area contributed by atoms with Crippen molar-refractivity contribution < 1.29 is 30.7 Å². The molecule has 0 bridgehead atoms. The van der Waals surface area contributed by atoms with Crippen molar-refractivity contribution in [2.24, 2.45) is 0 Å². The molecule has 37 heavy (non-hydrogen) atoms. The molecule has 1 N–H and O–H groups in total. The van der Waals surface area contributed by atoms with Gasteiger partial charge in [0.15, 0.2) is 0 Å². The molecule has 0 atom stereocenters. The Morgan fingerprint density at radius 3 is 2.19 bits per heavy atom. The molecule has 4 aromatic carbocycles. The molecule has 0 heterocycles. The highest BCUT2D eigenvalue weighted by atomic mass is 32.2. The van der Waals surface area contributed by atoms with Crippen LogP contribution >= 0.6 is 0 Å². The van der Waals surface area contributed by atoms with Gasteiger partial charge in [-0.2, -0.15) is 21.6 Å². The van der Waals surface area contributed by atoms with E-state index in [1.807, 2.05) is 30.3 Å². The van der Waals surface area contributed by atoms with Crippen molar-refractivity contribution in [2.45, 2.75) is 38.3 Å². The van der Waals surface area contributed by atoms with E-state index in [4.69, 9.17) is 4.74 Å². The van der Waals surface area contributed by atoms with Gasteiger partial charge in [-0.1, -0.05) is 57.2 Å². The molecule has 0 radical (unpaired) electrons. The fraction of sp³-hybridized carbons (Fsp3) is 0.214. The second-order valence-corrected chi connectivity index (χ2v) is 11.4. The molecule has 4 aromatic rings. The third-order valence-electron chi connectivity index (χ3n) is 5.83. The number of ether oxygens (including phenoxy) is 1. The van der Waals surface area contributed by atoms with Gasteiger partial charge in [0.05, 0.1) is 0 Å². The van der Waals surface area contributed by atoms with E-state index in [-0.39, 0.29) is 17.7 Å². The predicted octanol–water partition coefficient (Wildman–Crippen LogP) is 7.78. The number of fused-ring (bicyclic) bond motifs is 1. The molecule has 0 aromatic heterocycles. The van der Waals surface area contributed by atoms with Crippen LogP contribution in [0.1, 0.15) is 31.9 Å². The highest BCUT2D eigenvalue weighted by Crippen LogP contribution is 2.32. The van der Waals surface area contributed by atoms with Gasteiger partial charge < -0.3 is 4.74 Å². The molecular formula is C28H25F4NO3S. The number of nitrogens with one attached hydrogen (secondary N) is 1. The standard InChI is InChI=1S/C28H25F4NO3S/c1-27(2,3)22-9-7-19(8-10-22)21-13-18(14-23(29)15-21)17-36-26-6-4-5-20-16-24(11-12-25(20)26)33-37(34,35)28(30,31)32/h4-16,33H,17H2,1-3H3. The minimum atomic E-state index is -5.53. The highest BCUT2D eigenvalue weighted by molar-refractivity contribution is 7.93. The molecule has 194 valence electrons. The zero-order chi connectivity index (χ0) is 27.0. The zero-order valence-corrected chi connectivity index (χ0v) is 21.2. The minimum Gasteiger partial charge on any atom is -0.488 e. The van der Waals surface area contributed by atoms with Gasteiger partial charge in [0, 0.05) is 11.1 Å². The molecule has 0 fully saturated rings. The van der Waals surface area contributed by atoms with Crippen molar-refractivity contribution in [1.29, 1.82) is 0 Å². The van der Waals surface area contributed by atoms with E-state index in [1.54, 1.807) is 18.2 Å². The molecule has 9 heteroatoms. The maximum Gasteiger partial charge on any atom is 0.516 e. The first-order chi connectivity index (χ1) is 17.2. The summed E-state index contributed by atoms with van der Waals surface area (Å²) >= 11 is 0. The number of benzene rings is 4. The van der Waals surface area contributed by atoms with Crippen LogP contribution in [0.5, 0.6) is 5.75 Å². The maximum absolute atomic E-state index is 14.4. The summed E-state index contributed by atoms with van der Waals surface area (Å²) in [5.74, 6) is 0.0126. The van der Waals surface area contributed by atoms with Crippen LogP contribution < -0.4 is 9.46 Å². The normalized spacial score (nSPS) is 12.5. The van der Waals surface area contributed by atoms with E-state index in [2.05, 4.69) is 20.8 Å². The SMILES string of the molecule is CC(C)(C)c1ccc(-c2cc(F)cc(COc3cccc4cc(NS(=O)(=O)C(F)(F)F)ccc34)c2)cc1. The predicted molar refractivity (Wildman–Crippen MR) is 137 cm³/mol. The lowest BCUT2D eigenvalue weighted by molar-refractivity contribution is -0.0429. The van der Waals surface area contributed by atoms with Gasteiger partial charge in [-0.05, 0) is 75.5 Å². The van der Waals surface area contributed by atoms with Gasteiger partial charge in [-0.25, -0.2) is 4.39 Å². The van der Waals surface area contributed by atoms with Crippen LogP contribution in [0.15, 0.2) is 78.9 Å². The Morgan fingerprint density at radius 2 is 1.54 bits per heavy atom. The molecule has 4 nitrogen and oxygen atoms in total. The number of sulfonamides is 1. The van der Waals surface area contributed by atoms with Gasteiger partial charge in [-0.15, -0.1) is 0 Å². The Bertz CT molecular complexity index is 1540. The summed E-state index contributed by atoms with van der Waals surface area (Å²) in [5.41, 5.74) is -2.31. The van der Waals surface area contributed by atoms with E-state index in [1.165, 1.54) is 40.6 Å². The second kappa shape index (κ2) is 9.70. The Morgan fingerprint density at radius 1 is 0.838 bits per heavy atom. The summed E-state index contributed by atoms with van der Waals surface area (Å²) in [4.78, 5) is 0. The lowest BCUT2D eigenvalue weighted by atomic mass is 9.86. The van der Waals surface area contributed by atoms with Crippen LogP contribution in [0, 0.1) is 5.82 Å². The number of alkyl halides is 3. The number of halogens is 4. The van der Waals surface area contributed by atoms with E-state index in [0.29, 0.717) is 27.6 Å². The van der Waals surface area contributed by atoms with Crippen molar-refractivity contribution >= 4 is 26.5 Å². The molecular weight excluding hydrogens is 506 g/mol. The van der Waals surface area contributed by atoms with Crippen molar-refractivity contribution in [2.75, 3.05) is 4.72 Å². The molecule has 0 aliphatic carbocycles. The summed E-state index contributed by atoms with van der Waals surface area (Å²) in [6.45, 7) is 6.41. The number of rotatable bonds is 6. The van der Waals surface area contributed by atoms with Crippen molar-refractivity contribution in [3.8, 4) is 16.9 Å². The summed E-state index contributed by atoms with van der Waals surface area (Å²) in [7, 11) is -5.53. The Balaban J connectivity index is 1.55. The molecule has 0 aliphatic heterocycles. The van der Waals surface area contributed by atoms with Crippen LogP contribution in [-0.2, 0) is 22.0 Å². The topological polar surface area (TPSA) is 55.4 Å². The van der Waals surface area contributed by atoms with Crippen LogP contribution in [0.4, 0.5) is 23.2 Å². The van der Waals surface area contributed by atoms with Crippen LogP contribution in [0.2, 0.25) is 0 Å². The summed E-state index contributed by atoms with van der Waals surface area (Å²) in [5, 5.41) is 1.03. The minimum absolute atomic E-state index is 0.00133. The first kappa shape index (κ1) is 26.5. The third-order valence-corrected chi connectivity index (χ3v) is 6.95. The monoisotopic (exact) mass is 531 g/mol. The van der Waals surface area contributed by atoms with E-state index in [9.17, 15) is 26.0 Å².